The molecule has 0 aliphatic heterocycles. The summed E-state index contributed by atoms with van der Waals surface area (Å²) in [6.07, 6.45) is 5.93. The molecular formula is C21H26FN9. The van der Waals surface area contributed by atoms with Gasteiger partial charge in [0.15, 0.2) is 11.6 Å². The van der Waals surface area contributed by atoms with Gasteiger partial charge in [0.1, 0.15) is 18.0 Å². The number of hydrogen-bond acceptors (Lipinski definition) is 5. The molecule has 4 rings (SSSR count). The van der Waals surface area contributed by atoms with Crippen molar-refractivity contribution in [1.82, 2.24) is 35.4 Å². The van der Waals surface area contributed by atoms with E-state index >= 15 is 0 Å². The molecule has 4 aromatic rings. The second-order valence-electron chi connectivity index (χ2n) is 7.10. The van der Waals surface area contributed by atoms with E-state index in [2.05, 4.69) is 41.0 Å². The van der Waals surface area contributed by atoms with Crippen LogP contribution in [0.2, 0.25) is 0 Å². The van der Waals surface area contributed by atoms with E-state index in [4.69, 9.17) is 0 Å². The standard InChI is InChI=1S/C21H26FN9/c1-3-23-21(25-7-6-14-11-27-18-5-4-15(22)10-16(14)18)26-9-8-24-19-17-12-30-31(2)20(17)29-13-28-19/h4-5,10-13,27H,3,6-9H2,1-2H3,(H2,23,25,26)(H,24,28,29). The molecule has 10 heteroatoms. The van der Waals surface area contributed by atoms with E-state index in [0.29, 0.717) is 19.6 Å². The largest absolute Gasteiger partial charge is 0.368 e. The number of halogens is 1. The van der Waals surface area contributed by atoms with Gasteiger partial charge >= 0.3 is 0 Å². The predicted molar refractivity (Wildman–Crippen MR) is 121 cm³/mol. The number of aromatic amines is 1. The van der Waals surface area contributed by atoms with Crippen molar-refractivity contribution in [3.63, 3.8) is 0 Å². The van der Waals surface area contributed by atoms with Crippen LogP contribution >= 0.6 is 0 Å². The number of rotatable bonds is 8. The Morgan fingerprint density at radius 1 is 1.19 bits per heavy atom. The normalized spacial score (nSPS) is 11.9. The zero-order valence-corrected chi connectivity index (χ0v) is 17.6. The Bertz CT molecular complexity index is 1190. The number of nitrogens with zero attached hydrogens (tertiary/aromatic N) is 5. The molecule has 4 N–H and O–H groups in total. The fourth-order valence-corrected chi connectivity index (χ4v) is 3.45. The Labute approximate surface area is 179 Å². The van der Waals surface area contributed by atoms with Gasteiger partial charge in [-0.1, -0.05) is 0 Å². The average molecular weight is 424 g/mol. The summed E-state index contributed by atoms with van der Waals surface area (Å²) in [6, 6.07) is 4.78. The number of H-pyrrole nitrogens is 1. The number of nitrogens with one attached hydrogen (secondary N) is 4. The average Bonchev–Trinajstić information content (AvgIpc) is 3.35. The molecule has 3 heterocycles. The van der Waals surface area contributed by atoms with Crippen LogP contribution in [-0.2, 0) is 13.5 Å². The Hall–Kier alpha value is -3.69. The van der Waals surface area contributed by atoms with Crippen molar-refractivity contribution in [1.29, 1.82) is 0 Å². The van der Waals surface area contributed by atoms with Gasteiger partial charge in [0, 0.05) is 50.3 Å². The van der Waals surface area contributed by atoms with Crippen LogP contribution in [0.4, 0.5) is 10.2 Å². The first-order valence-electron chi connectivity index (χ1n) is 10.3. The highest BCUT2D eigenvalue weighted by Crippen LogP contribution is 2.20. The van der Waals surface area contributed by atoms with Crippen molar-refractivity contribution >= 4 is 33.7 Å². The van der Waals surface area contributed by atoms with Gasteiger partial charge in [0.25, 0.3) is 0 Å². The molecule has 0 bridgehead atoms. The first-order valence-corrected chi connectivity index (χ1v) is 10.3. The molecular weight excluding hydrogens is 397 g/mol. The predicted octanol–water partition coefficient (Wildman–Crippen LogP) is 2.19. The quantitative estimate of drug-likeness (QED) is 0.197. The van der Waals surface area contributed by atoms with E-state index < -0.39 is 0 Å². The third-order valence-corrected chi connectivity index (χ3v) is 4.96. The third kappa shape index (κ3) is 4.73. The molecule has 0 radical (unpaired) electrons. The van der Waals surface area contributed by atoms with Crippen LogP contribution in [0, 0.1) is 5.82 Å². The van der Waals surface area contributed by atoms with Gasteiger partial charge < -0.3 is 20.9 Å². The van der Waals surface area contributed by atoms with Crippen LogP contribution in [0.1, 0.15) is 12.5 Å². The zero-order valence-electron chi connectivity index (χ0n) is 17.6. The molecule has 0 atom stereocenters. The molecule has 0 saturated heterocycles. The molecule has 9 nitrogen and oxygen atoms in total. The summed E-state index contributed by atoms with van der Waals surface area (Å²) in [6.45, 7) is 4.70. The highest BCUT2D eigenvalue weighted by Gasteiger charge is 2.07. The maximum atomic E-state index is 13.5. The molecule has 0 unspecified atom stereocenters. The lowest BCUT2D eigenvalue weighted by Crippen LogP contribution is -2.39. The fraction of sp³-hybridized carbons (Fsp3) is 0.333. The van der Waals surface area contributed by atoms with Gasteiger partial charge in [-0.25, -0.2) is 14.4 Å². The van der Waals surface area contributed by atoms with E-state index in [1.807, 2.05) is 20.2 Å². The highest BCUT2D eigenvalue weighted by atomic mass is 19.1. The number of benzene rings is 1. The van der Waals surface area contributed by atoms with E-state index in [-0.39, 0.29) is 5.82 Å². The van der Waals surface area contributed by atoms with E-state index in [0.717, 1.165) is 52.2 Å². The summed E-state index contributed by atoms with van der Waals surface area (Å²) in [5, 5.41) is 15.9. The van der Waals surface area contributed by atoms with Crippen LogP contribution in [-0.4, -0.2) is 56.9 Å². The van der Waals surface area contributed by atoms with Crippen LogP contribution in [0.15, 0.2) is 41.9 Å². The Balaban J connectivity index is 1.31. The third-order valence-electron chi connectivity index (χ3n) is 4.96. The summed E-state index contributed by atoms with van der Waals surface area (Å²) in [7, 11) is 1.85. The smallest absolute Gasteiger partial charge is 0.191 e. The Morgan fingerprint density at radius 3 is 2.97 bits per heavy atom. The minimum absolute atomic E-state index is 0.230. The van der Waals surface area contributed by atoms with Gasteiger partial charge in [-0.2, -0.15) is 5.10 Å². The molecule has 162 valence electrons. The summed E-state index contributed by atoms with van der Waals surface area (Å²) in [5.41, 5.74) is 2.78. The molecule has 3 aromatic heterocycles. The van der Waals surface area contributed by atoms with E-state index in [1.54, 1.807) is 23.0 Å². The maximum Gasteiger partial charge on any atom is 0.191 e. The van der Waals surface area contributed by atoms with Crippen molar-refractivity contribution in [2.75, 3.05) is 31.5 Å². The molecule has 0 amide bonds. The van der Waals surface area contributed by atoms with Crippen LogP contribution in [0.25, 0.3) is 21.9 Å². The summed E-state index contributed by atoms with van der Waals surface area (Å²) in [5.74, 6) is 1.27. The van der Waals surface area contributed by atoms with E-state index in [1.165, 1.54) is 12.4 Å². The molecule has 0 saturated carbocycles. The molecule has 0 fully saturated rings. The Kier molecular flexibility index (Phi) is 6.25. The minimum atomic E-state index is -0.230. The van der Waals surface area contributed by atoms with Crippen molar-refractivity contribution in [3.8, 4) is 0 Å². The van der Waals surface area contributed by atoms with Gasteiger partial charge in [-0.05, 0) is 37.1 Å². The monoisotopic (exact) mass is 423 g/mol. The van der Waals surface area contributed by atoms with Crippen molar-refractivity contribution in [2.45, 2.75) is 13.3 Å². The number of aryl methyl sites for hydroxylation is 1. The lowest BCUT2D eigenvalue weighted by atomic mass is 10.1. The second kappa shape index (κ2) is 9.41. The van der Waals surface area contributed by atoms with Crippen LogP contribution in [0.3, 0.4) is 0 Å². The zero-order chi connectivity index (χ0) is 21.6. The van der Waals surface area contributed by atoms with Crippen molar-refractivity contribution in [2.24, 2.45) is 12.0 Å². The summed E-state index contributed by atoms with van der Waals surface area (Å²) in [4.78, 5) is 16.4. The first kappa shape index (κ1) is 20.6. The topological polar surface area (TPSA) is 108 Å². The van der Waals surface area contributed by atoms with Crippen molar-refractivity contribution < 1.29 is 4.39 Å². The summed E-state index contributed by atoms with van der Waals surface area (Å²) >= 11 is 0. The molecule has 0 spiro atoms. The highest BCUT2D eigenvalue weighted by molar-refractivity contribution is 5.86. The van der Waals surface area contributed by atoms with Gasteiger partial charge in [0.2, 0.25) is 0 Å². The Morgan fingerprint density at radius 2 is 2.10 bits per heavy atom. The fourth-order valence-electron chi connectivity index (χ4n) is 3.45. The summed E-state index contributed by atoms with van der Waals surface area (Å²) < 4.78 is 15.3. The van der Waals surface area contributed by atoms with Gasteiger partial charge in [-0.3, -0.25) is 9.67 Å². The number of aromatic nitrogens is 5. The SMILES string of the molecule is CCNC(=NCCc1c[nH]c2ccc(F)cc12)NCCNc1ncnc2c1cnn2C. The van der Waals surface area contributed by atoms with Crippen molar-refractivity contribution in [3.05, 3.63) is 48.3 Å². The number of anilines is 1. The minimum Gasteiger partial charge on any atom is -0.368 e. The lowest BCUT2D eigenvalue weighted by Gasteiger charge is -2.12. The first-order chi connectivity index (χ1) is 15.2. The molecule has 31 heavy (non-hydrogen) atoms. The maximum absolute atomic E-state index is 13.5. The molecule has 0 aliphatic rings. The molecule has 0 aliphatic carbocycles. The van der Waals surface area contributed by atoms with Crippen LogP contribution < -0.4 is 16.0 Å². The van der Waals surface area contributed by atoms with Gasteiger partial charge in [-0.15, -0.1) is 0 Å². The van der Waals surface area contributed by atoms with Crippen LogP contribution in [0.5, 0.6) is 0 Å². The number of fused-ring (bicyclic) bond motifs is 2. The number of aliphatic imine (C=N–C) groups is 1. The lowest BCUT2D eigenvalue weighted by molar-refractivity contribution is 0.629. The second-order valence-corrected chi connectivity index (χ2v) is 7.10. The molecule has 1 aromatic carbocycles. The van der Waals surface area contributed by atoms with Gasteiger partial charge in [0.05, 0.1) is 11.6 Å². The number of guanidine groups is 1. The number of hydrogen-bond donors (Lipinski definition) is 4. The van der Waals surface area contributed by atoms with E-state index in [9.17, 15) is 4.39 Å².